The number of aromatic amines is 1. The summed E-state index contributed by atoms with van der Waals surface area (Å²) < 4.78 is 0. The number of anilines is 1. The molecule has 0 aromatic carbocycles. The molecule has 0 bridgehead atoms. The Labute approximate surface area is 141 Å². The highest BCUT2D eigenvalue weighted by atomic mass is 15.3. The summed E-state index contributed by atoms with van der Waals surface area (Å²) >= 11 is 0. The fourth-order valence-electron chi connectivity index (χ4n) is 3.56. The van der Waals surface area contributed by atoms with E-state index in [-0.39, 0.29) is 0 Å². The van der Waals surface area contributed by atoms with Gasteiger partial charge in [0.2, 0.25) is 5.95 Å². The number of rotatable bonds is 3. The van der Waals surface area contributed by atoms with Crippen molar-refractivity contribution in [1.82, 2.24) is 25.1 Å². The molecule has 0 radical (unpaired) electrons. The van der Waals surface area contributed by atoms with Gasteiger partial charge in [0.25, 0.3) is 0 Å². The van der Waals surface area contributed by atoms with Gasteiger partial charge in [-0.3, -0.25) is 10.00 Å². The van der Waals surface area contributed by atoms with Gasteiger partial charge in [0.15, 0.2) is 0 Å². The third-order valence-corrected chi connectivity index (χ3v) is 4.93. The third-order valence-electron chi connectivity index (χ3n) is 4.93. The van der Waals surface area contributed by atoms with Crippen molar-refractivity contribution >= 4 is 5.95 Å². The van der Waals surface area contributed by atoms with Crippen LogP contribution < -0.4 is 4.90 Å². The zero-order chi connectivity index (χ0) is 16.4. The average molecular weight is 323 g/mol. The van der Waals surface area contributed by atoms with Crippen LogP contribution in [0.15, 0.2) is 12.3 Å². The molecule has 3 heterocycles. The molecule has 24 heavy (non-hydrogen) atoms. The number of nitrogens with zero attached hydrogens (tertiary/aromatic N) is 6. The van der Waals surface area contributed by atoms with Crippen LogP contribution >= 0.6 is 0 Å². The van der Waals surface area contributed by atoms with Crippen molar-refractivity contribution in [2.45, 2.75) is 32.2 Å². The average Bonchev–Trinajstić information content (AvgIpc) is 3.05. The van der Waals surface area contributed by atoms with Gasteiger partial charge in [-0.25, -0.2) is 9.97 Å². The molecule has 0 amide bonds. The van der Waals surface area contributed by atoms with Crippen LogP contribution in [-0.2, 0) is 19.4 Å². The van der Waals surface area contributed by atoms with Crippen molar-refractivity contribution in [3.63, 3.8) is 0 Å². The van der Waals surface area contributed by atoms with Crippen molar-refractivity contribution in [3.8, 4) is 6.07 Å². The zero-order valence-electron chi connectivity index (χ0n) is 13.7. The summed E-state index contributed by atoms with van der Waals surface area (Å²) in [6.45, 7) is 4.59. The largest absolute Gasteiger partial charge is 0.338 e. The van der Waals surface area contributed by atoms with Crippen LogP contribution in [0, 0.1) is 11.3 Å². The number of aryl methyl sites for hydroxylation is 1. The summed E-state index contributed by atoms with van der Waals surface area (Å²) in [5.74, 6) is 0.658. The van der Waals surface area contributed by atoms with Crippen LogP contribution in [0.5, 0.6) is 0 Å². The quantitative estimate of drug-likeness (QED) is 0.916. The molecule has 1 aliphatic carbocycles. The van der Waals surface area contributed by atoms with E-state index in [0.29, 0.717) is 11.6 Å². The van der Waals surface area contributed by atoms with E-state index in [4.69, 9.17) is 5.26 Å². The SMILES string of the molecule is N#Cc1ccnc(N2CCN(Cc3n[nH]c4c3CCCC4)CC2)n1. The number of hydrogen-bond donors (Lipinski definition) is 1. The molecule has 0 saturated carbocycles. The summed E-state index contributed by atoms with van der Waals surface area (Å²) in [4.78, 5) is 13.2. The van der Waals surface area contributed by atoms with E-state index < -0.39 is 0 Å². The third kappa shape index (κ3) is 2.97. The van der Waals surface area contributed by atoms with Gasteiger partial charge in [-0.2, -0.15) is 10.4 Å². The minimum absolute atomic E-state index is 0.422. The Hall–Kier alpha value is -2.46. The Morgan fingerprint density at radius 2 is 2.00 bits per heavy atom. The molecule has 1 N–H and O–H groups in total. The lowest BCUT2D eigenvalue weighted by Crippen LogP contribution is -2.46. The molecule has 7 nitrogen and oxygen atoms in total. The van der Waals surface area contributed by atoms with Crippen LogP contribution in [0.1, 0.15) is 35.5 Å². The number of H-pyrrole nitrogens is 1. The van der Waals surface area contributed by atoms with Gasteiger partial charge in [0, 0.05) is 44.6 Å². The lowest BCUT2D eigenvalue weighted by molar-refractivity contribution is 0.245. The summed E-state index contributed by atoms with van der Waals surface area (Å²) in [5.41, 5.74) is 4.44. The molecule has 7 heteroatoms. The number of hydrogen-bond acceptors (Lipinski definition) is 6. The number of piperazine rings is 1. The smallest absolute Gasteiger partial charge is 0.226 e. The molecule has 2 aliphatic rings. The summed E-state index contributed by atoms with van der Waals surface area (Å²) in [6, 6.07) is 3.71. The molecule has 4 rings (SSSR count). The second-order valence-corrected chi connectivity index (χ2v) is 6.45. The molecule has 0 atom stereocenters. The maximum absolute atomic E-state index is 8.97. The normalized spacial score (nSPS) is 18.2. The molecule has 1 fully saturated rings. The first-order valence-corrected chi connectivity index (χ1v) is 8.59. The maximum Gasteiger partial charge on any atom is 0.226 e. The van der Waals surface area contributed by atoms with Crippen molar-refractivity contribution in [2.75, 3.05) is 31.1 Å². The van der Waals surface area contributed by atoms with Crippen molar-refractivity contribution in [1.29, 1.82) is 5.26 Å². The number of nitrogens with one attached hydrogen (secondary N) is 1. The molecule has 2 aromatic heterocycles. The van der Waals surface area contributed by atoms with Crippen LogP contribution in [-0.4, -0.2) is 51.2 Å². The second-order valence-electron chi connectivity index (χ2n) is 6.45. The fraction of sp³-hybridized carbons (Fsp3) is 0.529. The highest BCUT2D eigenvalue weighted by Gasteiger charge is 2.22. The summed E-state index contributed by atoms with van der Waals surface area (Å²) in [6.07, 6.45) is 6.51. The Morgan fingerprint density at radius 3 is 2.83 bits per heavy atom. The van der Waals surface area contributed by atoms with E-state index in [1.54, 1.807) is 12.3 Å². The van der Waals surface area contributed by atoms with E-state index in [1.807, 2.05) is 0 Å². The first-order chi connectivity index (χ1) is 11.8. The topological polar surface area (TPSA) is 84.7 Å². The minimum atomic E-state index is 0.422. The fourth-order valence-corrected chi connectivity index (χ4v) is 3.56. The predicted octanol–water partition coefficient (Wildman–Crippen LogP) is 1.27. The van der Waals surface area contributed by atoms with Gasteiger partial charge >= 0.3 is 0 Å². The predicted molar refractivity (Wildman–Crippen MR) is 89.5 cm³/mol. The van der Waals surface area contributed by atoms with Crippen LogP contribution in [0.25, 0.3) is 0 Å². The molecular formula is C17H21N7. The Bertz CT molecular complexity index is 753. The van der Waals surface area contributed by atoms with E-state index in [2.05, 4.69) is 36.0 Å². The number of fused-ring (bicyclic) bond motifs is 1. The van der Waals surface area contributed by atoms with Crippen molar-refractivity contribution in [2.24, 2.45) is 0 Å². The molecule has 1 saturated heterocycles. The first kappa shape index (κ1) is 15.1. The summed E-state index contributed by atoms with van der Waals surface area (Å²) in [5, 5.41) is 16.7. The Balaban J connectivity index is 1.38. The van der Waals surface area contributed by atoms with Crippen LogP contribution in [0.2, 0.25) is 0 Å². The maximum atomic E-state index is 8.97. The second kappa shape index (κ2) is 6.57. The molecule has 0 unspecified atom stereocenters. The van der Waals surface area contributed by atoms with Crippen molar-refractivity contribution < 1.29 is 0 Å². The van der Waals surface area contributed by atoms with Gasteiger partial charge in [-0.05, 0) is 37.3 Å². The Kier molecular flexibility index (Phi) is 4.13. The van der Waals surface area contributed by atoms with Gasteiger partial charge in [-0.1, -0.05) is 0 Å². The summed E-state index contributed by atoms with van der Waals surface area (Å²) in [7, 11) is 0. The number of aromatic nitrogens is 4. The van der Waals surface area contributed by atoms with Gasteiger partial charge in [-0.15, -0.1) is 0 Å². The first-order valence-electron chi connectivity index (χ1n) is 8.59. The van der Waals surface area contributed by atoms with Gasteiger partial charge in [0.1, 0.15) is 11.8 Å². The van der Waals surface area contributed by atoms with Crippen LogP contribution in [0.3, 0.4) is 0 Å². The van der Waals surface area contributed by atoms with E-state index >= 15 is 0 Å². The van der Waals surface area contributed by atoms with Gasteiger partial charge in [0.05, 0.1) is 5.69 Å². The lowest BCUT2D eigenvalue weighted by Gasteiger charge is -2.34. The highest BCUT2D eigenvalue weighted by molar-refractivity contribution is 5.34. The van der Waals surface area contributed by atoms with E-state index in [0.717, 1.165) is 45.6 Å². The highest BCUT2D eigenvalue weighted by Crippen LogP contribution is 2.23. The standard InChI is InChI=1S/C17H21N7/c18-11-13-5-6-19-17(20-13)24-9-7-23(8-10-24)12-16-14-3-1-2-4-15(14)21-22-16/h5-6H,1-4,7-10,12H2,(H,21,22). The van der Waals surface area contributed by atoms with Crippen molar-refractivity contribution in [3.05, 3.63) is 34.9 Å². The monoisotopic (exact) mass is 323 g/mol. The molecule has 1 aliphatic heterocycles. The number of nitriles is 1. The molecule has 0 spiro atoms. The Morgan fingerprint density at radius 1 is 1.17 bits per heavy atom. The van der Waals surface area contributed by atoms with E-state index in [9.17, 15) is 0 Å². The minimum Gasteiger partial charge on any atom is -0.338 e. The molecule has 2 aromatic rings. The van der Waals surface area contributed by atoms with Crippen LogP contribution in [0.4, 0.5) is 5.95 Å². The lowest BCUT2D eigenvalue weighted by atomic mass is 9.96. The molecule has 124 valence electrons. The molecular weight excluding hydrogens is 302 g/mol. The van der Waals surface area contributed by atoms with Gasteiger partial charge < -0.3 is 4.90 Å². The van der Waals surface area contributed by atoms with E-state index in [1.165, 1.54) is 29.8 Å². The zero-order valence-corrected chi connectivity index (χ0v) is 13.7.